The Kier molecular flexibility index (Phi) is 4.20. The SMILES string of the molecule is CC(=O)NCC(O)C(O)c1ccccn1. The van der Waals surface area contributed by atoms with Gasteiger partial charge in [-0.3, -0.25) is 9.78 Å². The summed E-state index contributed by atoms with van der Waals surface area (Å²) in [4.78, 5) is 14.5. The van der Waals surface area contributed by atoms with Gasteiger partial charge in [0.25, 0.3) is 0 Å². The Morgan fingerprint density at radius 1 is 1.53 bits per heavy atom. The second kappa shape index (κ2) is 5.43. The third-order valence-electron chi connectivity index (χ3n) is 1.92. The van der Waals surface area contributed by atoms with Crippen LogP contribution in [0.25, 0.3) is 0 Å². The molecule has 0 saturated heterocycles. The minimum Gasteiger partial charge on any atom is -0.388 e. The molecule has 1 rings (SSSR count). The average molecular weight is 210 g/mol. The molecule has 0 aliphatic rings. The Hall–Kier alpha value is -1.46. The van der Waals surface area contributed by atoms with Crippen LogP contribution in [0, 0.1) is 0 Å². The van der Waals surface area contributed by atoms with Crippen molar-refractivity contribution >= 4 is 5.91 Å². The highest BCUT2D eigenvalue weighted by Gasteiger charge is 2.19. The molecule has 0 aromatic carbocycles. The molecule has 0 radical (unpaired) electrons. The van der Waals surface area contributed by atoms with Gasteiger partial charge in [0.2, 0.25) is 5.91 Å². The molecular weight excluding hydrogens is 196 g/mol. The first kappa shape index (κ1) is 11.6. The lowest BCUT2D eigenvalue weighted by atomic mass is 10.1. The first-order valence-electron chi connectivity index (χ1n) is 4.62. The minimum atomic E-state index is -1.09. The second-order valence-corrected chi connectivity index (χ2v) is 3.20. The smallest absolute Gasteiger partial charge is 0.216 e. The van der Waals surface area contributed by atoms with Crippen molar-refractivity contribution < 1.29 is 15.0 Å². The van der Waals surface area contributed by atoms with Crippen molar-refractivity contribution in [3.63, 3.8) is 0 Å². The molecule has 1 heterocycles. The number of hydrogen-bond acceptors (Lipinski definition) is 4. The summed E-state index contributed by atoms with van der Waals surface area (Å²) in [5, 5.41) is 21.6. The predicted octanol–water partition coefficient (Wildman–Crippen LogP) is -0.388. The van der Waals surface area contributed by atoms with E-state index in [2.05, 4.69) is 10.3 Å². The highest BCUT2D eigenvalue weighted by molar-refractivity contribution is 5.72. The number of nitrogens with one attached hydrogen (secondary N) is 1. The number of aliphatic hydroxyl groups excluding tert-OH is 2. The molecule has 1 aromatic heterocycles. The molecule has 82 valence electrons. The van der Waals surface area contributed by atoms with Crippen LogP contribution in [0.3, 0.4) is 0 Å². The maximum Gasteiger partial charge on any atom is 0.216 e. The van der Waals surface area contributed by atoms with Crippen molar-refractivity contribution in [2.24, 2.45) is 0 Å². The molecule has 5 heteroatoms. The summed E-state index contributed by atoms with van der Waals surface area (Å²) >= 11 is 0. The van der Waals surface area contributed by atoms with Gasteiger partial charge in [-0.15, -0.1) is 0 Å². The summed E-state index contributed by atoms with van der Waals surface area (Å²) < 4.78 is 0. The van der Waals surface area contributed by atoms with E-state index in [0.717, 1.165) is 0 Å². The van der Waals surface area contributed by atoms with Crippen LogP contribution in [0.1, 0.15) is 18.7 Å². The minimum absolute atomic E-state index is 0.00702. The van der Waals surface area contributed by atoms with E-state index >= 15 is 0 Å². The number of aromatic nitrogens is 1. The molecule has 0 spiro atoms. The standard InChI is InChI=1S/C10H14N2O3/c1-7(13)12-6-9(14)10(15)8-4-2-3-5-11-8/h2-5,9-10,14-15H,6H2,1H3,(H,12,13). The van der Waals surface area contributed by atoms with Gasteiger partial charge < -0.3 is 15.5 Å². The number of carbonyl (C=O) groups is 1. The lowest BCUT2D eigenvalue weighted by molar-refractivity contribution is -0.119. The van der Waals surface area contributed by atoms with Crippen LogP contribution < -0.4 is 5.32 Å². The Labute approximate surface area is 87.8 Å². The summed E-state index contributed by atoms with van der Waals surface area (Å²) in [5.41, 5.74) is 0.385. The lowest BCUT2D eigenvalue weighted by Gasteiger charge is -2.17. The molecule has 0 bridgehead atoms. The van der Waals surface area contributed by atoms with Gasteiger partial charge in [0.15, 0.2) is 0 Å². The van der Waals surface area contributed by atoms with Gasteiger partial charge in [-0.25, -0.2) is 0 Å². The van der Waals surface area contributed by atoms with Gasteiger partial charge >= 0.3 is 0 Å². The number of pyridine rings is 1. The molecule has 1 amide bonds. The van der Waals surface area contributed by atoms with E-state index in [9.17, 15) is 15.0 Å². The summed E-state index contributed by atoms with van der Waals surface area (Å²) in [6.07, 6.45) is -0.606. The largest absolute Gasteiger partial charge is 0.388 e. The Morgan fingerprint density at radius 3 is 2.80 bits per heavy atom. The number of carbonyl (C=O) groups excluding carboxylic acids is 1. The van der Waals surface area contributed by atoms with Crippen molar-refractivity contribution in [2.75, 3.05) is 6.54 Å². The maximum atomic E-state index is 10.6. The van der Waals surface area contributed by atoms with E-state index in [1.165, 1.54) is 13.1 Å². The fraction of sp³-hybridized carbons (Fsp3) is 0.400. The molecule has 0 saturated carbocycles. The summed E-state index contributed by atoms with van der Waals surface area (Å²) in [7, 11) is 0. The van der Waals surface area contributed by atoms with E-state index in [0.29, 0.717) is 5.69 Å². The van der Waals surface area contributed by atoms with Crippen molar-refractivity contribution in [1.29, 1.82) is 0 Å². The molecule has 0 aliphatic carbocycles. The van der Waals surface area contributed by atoms with Crippen molar-refractivity contribution in [3.8, 4) is 0 Å². The van der Waals surface area contributed by atoms with Crippen molar-refractivity contribution in [2.45, 2.75) is 19.1 Å². The predicted molar refractivity (Wildman–Crippen MR) is 53.9 cm³/mol. The summed E-state index contributed by atoms with van der Waals surface area (Å²) in [5.74, 6) is -0.248. The molecule has 0 aliphatic heterocycles. The first-order chi connectivity index (χ1) is 7.11. The van der Waals surface area contributed by atoms with Gasteiger partial charge in [0.1, 0.15) is 12.2 Å². The quantitative estimate of drug-likeness (QED) is 0.632. The van der Waals surface area contributed by atoms with Crippen LogP contribution in [-0.2, 0) is 4.79 Å². The van der Waals surface area contributed by atoms with E-state index < -0.39 is 12.2 Å². The first-order valence-corrected chi connectivity index (χ1v) is 4.62. The molecule has 1 aromatic rings. The van der Waals surface area contributed by atoms with Gasteiger partial charge in [0.05, 0.1) is 5.69 Å². The molecule has 2 unspecified atom stereocenters. The topological polar surface area (TPSA) is 82.5 Å². The van der Waals surface area contributed by atoms with E-state index in [1.807, 2.05) is 0 Å². The summed E-state index contributed by atoms with van der Waals surface area (Å²) in [6.45, 7) is 1.35. The number of amides is 1. The zero-order valence-corrected chi connectivity index (χ0v) is 8.42. The molecule has 0 fully saturated rings. The maximum absolute atomic E-state index is 10.6. The fourth-order valence-electron chi connectivity index (χ4n) is 1.11. The van der Waals surface area contributed by atoms with Crippen molar-refractivity contribution in [1.82, 2.24) is 10.3 Å². The molecular formula is C10H14N2O3. The third kappa shape index (κ3) is 3.65. The Balaban J connectivity index is 2.53. The Bertz CT molecular complexity index is 316. The molecule has 2 atom stereocenters. The van der Waals surface area contributed by atoms with Crippen LogP contribution in [0.5, 0.6) is 0 Å². The van der Waals surface area contributed by atoms with E-state index in [1.54, 1.807) is 18.2 Å². The van der Waals surface area contributed by atoms with Crippen LogP contribution >= 0.6 is 0 Å². The van der Waals surface area contributed by atoms with E-state index in [-0.39, 0.29) is 12.5 Å². The van der Waals surface area contributed by atoms with Gasteiger partial charge in [-0.2, -0.15) is 0 Å². The van der Waals surface area contributed by atoms with Crippen LogP contribution in [-0.4, -0.2) is 33.8 Å². The van der Waals surface area contributed by atoms with E-state index in [4.69, 9.17) is 0 Å². The third-order valence-corrected chi connectivity index (χ3v) is 1.92. The molecule has 3 N–H and O–H groups in total. The highest BCUT2D eigenvalue weighted by atomic mass is 16.3. The number of nitrogens with zero attached hydrogens (tertiary/aromatic N) is 1. The number of aliphatic hydroxyl groups is 2. The average Bonchev–Trinajstić information content (AvgIpc) is 2.26. The zero-order chi connectivity index (χ0) is 11.3. The Morgan fingerprint density at radius 2 is 2.27 bits per heavy atom. The number of rotatable bonds is 4. The molecule has 5 nitrogen and oxygen atoms in total. The van der Waals surface area contributed by atoms with Crippen LogP contribution in [0.15, 0.2) is 24.4 Å². The number of hydrogen-bond donors (Lipinski definition) is 3. The van der Waals surface area contributed by atoms with Gasteiger partial charge in [-0.1, -0.05) is 6.07 Å². The van der Waals surface area contributed by atoms with Crippen molar-refractivity contribution in [3.05, 3.63) is 30.1 Å². The normalized spacial score (nSPS) is 14.3. The van der Waals surface area contributed by atoms with Gasteiger partial charge in [-0.05, 0) is 12.1 Å². The monoisotopic (exact) mass is 210 g/mol. The lowest BCUT2D eigenvalue weighted by Crippen LogP contribution is -2.34. The van der Waals surface area contributed by atoms with Crippen LogP contribution in [0.4, 0.5) is 0 Å². The van der Waals surface area contributed by atoms with Gasteiger partial charge in [0, 0.05) is 19.7 Å². The fourth-order valence-corrected chi connectivity index (χ4v) is 1.11. The summed E-state index contributed by atoms with van der Waals surface area (Å²) in [6, 6.07) is 5.05. The zero-order valence-electron chi connectivity index (χ0n) is 8.42. The second-order valence-electron chi connectivity index (χ2n) is 3.20. The highest BCUT2D eigenvalue weighted by Crippen LogP contribution is 2.12. The molecule has 15 heavy (non-hydrogen) atoms. The van der Waals surface area contributed by atoms with Crippen LogP contribution in [0.2, 0.25) is 0 Å².